The van der Waals surface area contributed by atoms with Crippen molar-refractivity contribution in [3.8, 4) is 0 Å². The molecule has 1 heterocycles. The van der Waals surface area contributed by atoms with Crippen molar-refractivity contribution < 1.29 is 9.90 Å². The van der Waals surface area contributed by atoms with Crippen molar-refractivity contribution in [1.29, 1.82) is 0 Å². The molecule has 0 saturated heterocycles. The summed E-state index contributed by atoms with van der Waals surface area (Å²) in [6.07, 6.45) is 2.83. The molecule has 4 nitrogen and oxygen atoms in total. The summed E-state index contributed by atoms with van der Waals surface area (Å²) < 4.78 is 1.60. The average Bonchev–Trinajstić information content (AvgIpc) is 2.20. The van der Waals surface area contributed by atoms with Gasteiger partial charge in [0.05, 0.1) is 0 Å². The molecule has 0 spiro atoms. The number of carboxylic acid groups (broad SMARTS) is 1. The Bertz CT molecular complexity index is 462. The molecule has 0 atom stereocenters. The van der Waals surface area contributed by atoms with Gasteiger partial charge in [-0.25, -0.2) is 4.79 Å². The summed E-state index contributed by atoms with van der Waals surface area (Å²) in [5, 5.41) is 8.73. The highest BCUT2D eigenvalue weighted by Crippen LogP contribution is 2.01. The van der Waals surface area contributed by atoms with Crippen LogP contribution in [0.4, 0.5) is 0 Å². The highest BCUT2D eigenvalue weighted by Gasteiger charge is 2.07. The zero-order valence-electron chi connectivity index (χ0n) is 8.11. The highest BCUT2D eigenvalue weighted by atomic mass is 35.5. The Morgan fingerprint density at radius 3 is 2.87 bits per heavy atom. The maximum absolute atomic E-state index is 11.1. The predicted molar refractivity (Wildman–Crippen MR) is 57.3 cm³/mol. The molecule has 0 radical (unpaired) electrons. The molecule has 0 fully saturated rings. The van der Waals surface area contributed by atoms with Gasteiger partial charge in [0, 0.05) is 30.5 Å². The normalized spacial score (nSPS) is 11.5. The molecular weight excluding hydrogens is 218 g/mol. The molecule has 0 unspecified atom stereocenters. The van der Waals surface area contributed by atoms with Gasteiger partial charge in [-0.2, -0.15) is 0 Å². The summed E-state index contributed by atoms with van der Waals surface area (Å²) in [5.74, 6) is -1.22. The van der Waals surface area contributed by atoms with Crippen LogP contribution in [0.15, 0.2) is 34.4 Å². The van der Waals surface area contributed by atoms with Crippen molar-refractivity contribution in [3.05, 3.63) is 45.4 Å². The Hall–Kier alpha value is -1.55. The average molecular weight is 228 g/mol. The Morgan fingerprint density at radius 2 is 2.33 bits per heavy atom. The Morgan fingerprint density at radius 1 is 1.67 bits per heavy atom. The van der Waals surface area contributed by atoms with E-state index in [0.29, 0.717) is 6.54 Å². The van der Waals surface area contributed by atoms with Crippen LogP contribution in [0, 0.1) is 0 Å². The summed E-state index contributed by atoms with van der Waals surface area (Å²) in [4.78, 5) is 21.8. The lowest BCUT2D eigenvalue weighted by molar-refractivity contribution is 0.0694. The zero-order valence-corrected chi connectivity index (χ0v) is 8.86. The first-order valence-electron chi connectivity index (χ1n) is 4.24. The SMILES string of the molecule is C/C(=C/Cl)Cn1ccc(=O)c(C(=O)O)c1. The van der Waals surface area contributed by atoms with E-state index in [1.54, 1.807) is 4.57 Å². The number of nitrogens with zero attached hydrogens (tertiary/aromatic N) is 1. The number of allylic oxidation sites excluding steroid dienone is 1. The molecule has 15 heavy (non-hydrogen) atoms. The minimum Gasteiger partial charge on any atom is -0.477 e. The van der Waals surface area contributed by atoms with Crippen molar-refractivity contribution in [1.82, 2.24) is 4.57 Å². The van der Waals surface area contributed by atoms with E-state index < -0.39 is 11.4 Å². The van der Waals surface area contributed by atoms with Crippen molar-refractivity contribution in [3.63, 3.8) is 0 Å². The van der Waals surface area contributed by atoms with Crippen LogP contribution in [0.3, 0.4) is 0 Å². The van der Waals surface area contributed by atoms with Crippen molar-refractivity contribution in [2.45, 2.75) is 13.5 Å². The van der Waals surface area contributed by atoms with Crippen LogP contribution in [0.5, 0.6) is 0 Å². The topological polar surface area (TPSA) is 59.3 Å². The highest BCUT2D eigenvalue weighted by molar-refractivity contribution is 6.25. The first kappa shape index (κ1) is 11.5. The smallest absolute Gasteiger partial charge is 0.341 e. The van der Waals surface area contributed by atoms with Gasteiger partial charge in [0.15, 0.2) is 5.43 Å². The lowest BCUT2D eigenvalue weighted by Gasteiger charge is -2.06. The van der Waals surface area contributed by atoms with Crippen LogP contribution in [0.1, 0.15) is 17.3 Å². The second-order valence-corrected chi connectivity index (χ2v) is 3.37. The second-order valence-electron chi connectivity index (χ2n) is 3.16. The number of aromatic carboxylic acids is 1. The molecule has 0 saturated carbocycles. The Labute approximate surface area is 91.4 Å². The van der Waals surface area contributed by atoms with Crippen LogP contribution in [-0.4, -0.2) is 15.6 Å². The van der Waals surface area contributed by atoms with E-state index in [1.807, 2.05) is 6.92 Å². The summed E-state index contributed by atoms with van der Waals surface area (Å²) in [6, 6.07) is 1.23. The molecule has 0 aromatic carbocycles. The molecule has 0 bridgehead atoms. The number of aromatic nitrogens is 1. The van der Waals surface area contributed by atoms with Crippen LogP contribution in [0.2, 0.25) is 0 Å². The number of rotatable bonds is 3. The molecule has 1 rings (SSSR count). The van der Waals surface area contributed by atoms with E-state index in [2.05, 4.69) is 0 Å². The van der Waals surface area contributed by atoms with Gasteiger partial charge < -0.3 is 9.67 Å². The number of carbonyl (C=O) groups is 1. The minimum atomic E-state index is -1.22. The first-order valence-corrected chi connectivity index (χ1v) is 4.67. The minimum absolute atomic E-state index is 0.236. The fraction of sp³-hybridized carbons (Fsp3) is 0.200. The second kappa shape index (κ2) is 4.79. The van der Waals surface area contributed by atoms with Gasteiger partial charge in [-0.1, -0.05) is 11.6 Å². The van der Waals surface area contributed by atoms with Crippen LogP contribution in [-0.2, 0) is 6.54 Å². The maximum Gasteiger partial charge on any atom is 0.341 e. The fourth-order valence-corrected chi connectivity index (χ4v) is 1.18. The molecule has 0 aliphatic rings. The standard InChI is InChI=1S/C10H10ClNO3/c1-7(4-11)5-12-3-2-9(13)8(6-12)10(14)15/h2-4,6H,5H2,1H3,(H,14,15)/b7-4-. The van der Waals surface area contributed by atoms with E-state index in [1.165, 1.54) is 24.0 Å². The summed E-state index contributed by atoms with van der Waals surface area (Å²) >= 11 is 5.48. The molecule has 1 N–H and O–H groups in total. The van der Waals surface area contributed by atoms with Gasteiger partial charge in [0.25, 0.3) is 0 Å². The molecule has 1 aromatic rings. The molecule has 0 aliphatic heterocycles. The lowest BCUT2D eigenvalue weighted by atomic mass is 10.2. The van der Waals surface area contributed by atoms with Crippen LogP contribution >= 0.6 is 11.6 Å². The van der Waals surface area contributed by atoms with Crippen LogP contribution < -0.4 is 5.43 Å². The van der Waals surface area contributed by atoms with E-state index in [0.717, 1.165) is 5.57 Å². The van der Waals surface area contributed by atoms with Gasteiger partial charge in [-0.05, 0) is 12.5 Å². The summed E-state index contributed by atoms with van der Waals surface area (Å²) in [7, 11) is 0. The summed E-state index contributed by atoms with van der Waals surface area (Å²) in [5.41, 5.74) is 1.56. The monoisotopic (exact) mass is 227 g/mol. The molecule has 0 aliphatic carbocycles. The first-order chi connectivity index (χ1) is 7.04. The fourth-order valence-electron chi connectivity index (χ4n) is 1.11. The zero-order chi connectivity index (χ0) is 11.4. The van der Waals surface area contributed by atoms with Gasteiger partial charge in [-0.3, -0.25) is 4.79 Å². The third-order valence-corrected chi connectivity index (χ3v) is 2.20. The number of pyridine rings is 1. The maximum atomic E-state index is 11.1. The predicted octanol–water partition coefficient (Wildman–Crippen LogP) is 1.69. The van der Waals surface area contributed by atoms with Crippen molar-refractivity contribution in [2.24, 2.45) is 0 Å². The number of hydrogen-bond donors (Lipinski definition) is 1. The van der Waals surface area contributed by atoms with Crippen molar-refractivity contribution >= 4 is 17.6 Å². The summed E-state index contributed by atoms with van der Waals surface area (Å²) in [6.45, 7) is 2.27. The van der Waals surface area contributed by atoms with E-state index in [4.69, 9.17) is 16.7 Å². The van der Waals surface area contributed by atoms with E-state index in [9.17, 15) is 9.59 Å². The Balaban J connectivity index is 3.08. The van der Waals surface area contributed by atoms with Crippen LogP contribution in [0.25, 0.3) is 0 Å². The number of hydrogen-bond acceptors (Lipinski definition) is 2. The molecule has 80 valence electrons. The third kappa shape index (κ3) is 2.95. The van der Waals surface area contributed by atoms with E-state index in [-0.39, 0.29) is 5.56 Å². The van der Waals surface area contributed by atoms with Crippen molar-refractivity contribution in [2.75, 3.05) is 0 Å². The quantitative estimate of drug-likeness (QED) is 0.855. The number of carboxylic acids is 1. The Kier molecular flexibility index (Phi) is 3.68. The number of halogens is 1. The van der Waals surface area contributed by atoms with Gasteiger partial charge in [0.1, 0.15) is 5.56 Å². The molecule has 0 amide bonds. The van der Waals surface area contributed by atoms with Gasteiger partial charge >= 0.3 is 5.97 Å². The lowest BCUT2D eigenvalue weighted by Crippen LogP contribution is -2.16. The van der Waals surface area contributed by atoms with Gasteiger partial charge in [-0.15, -0.1) is 0 Å². The molecule has 1 aromatic heterocycles. The van der Waals surface area contributed by atoms with E-state index >= 15 is 0 Å². The largest absolute Gasteiger partial charge is 0.477 e. The molecule has 5 heteroatoms. The third-order valence-electron chi connectivity index (χ3n) is 1.83. The van der Waals surface area contributed by atoms with Gasteiger partial charge in [0.2, 0.25) is 0 Å². The molecular formula is C10H10ClNO3.